The van der Waals surface area contributed by atoms with Crippen LogP contribution in [0.25, 0.3) is 0 Å². The number of rotatable bonds is 9. The first-order chi connectivity index (χ1) is 17.0. The summed E-state index contributed by atoms with van der Waals surface area (Å²) in [4.78, 5) is 34.2. The number of H-pyrrole nitrogens is 1. The summed E-state index contributed by atoms with van der Waals surface area (Å²) in [5.74, 6) is -0.825. The van der Waals surface area contributed by atoms with E-state index >= 15 is 0 Å². The second-order valence-corrected chi connectivity index (χ2v) is 8.27. The molecule has 0 spiro atoms. The van der Waals surface area contributed by atoms with Crippen LogP contribution in [-0.4, -0.2) is 41.5 Å². The van der Waals surface area contributed by atoms with Crippen LogP contribution in [0.15, 0.2) is 48.7 Å². The zero-order chi connectivity index (χ0) is 24.9. The van der Waals surface area contributed by atoms with Gasteiger partial charge in [-0.25, -0.2) is 9.78 Å². The van der Waals surface area contributed by atoms with Crippen LogP contribution in [0.1, 0.15) is 82.4 Å². The first kappa shape index (κ1) is 24.6. The van der Waals surface area contributed by atoms with Gasteiger partial charge in [0.05, 0.1) is 23.8 Å². The second-order valence-electron chi connectivity index (χ2n) is 8.27. The lowest BCUT2D eigenvalue weighted by atomic mass is 9.80. The molecule has 4 rings (SSSR count). The molecule has 2 atom stereocenters. The largest absolute Gasteiger partial charge is 0.462 e. The monoisotopic (exact) mass is 477 g/mol. The number of carbonyl (C=O) groups excluding carboxylic acids is 2. The Kier molecular flexibility index (Phi) is 7.63. The minimum atomic E-state index is -0.660. The van der Waals surface area contributed by atoms with Crippen LogP contribution >= 0.6 is 0 Å². The molecule has 0 fully saturated rings. The Morgan fingerprint density at radius 3 is 2.34 bits per heavy atom. The Hall–Kier alpha value is -3.49. The summed E-state index contributed by atoms with van der Waals surface area (Å²) in [5.41, 5.74) is 3.82. The van der Waals surface area contributed by atoms with E-state index in [2.05, 4.69) is 15.3 Å². The van der Waals surface area contributed by atoms with Gasteiger partial charge in [-0.2, -0.15) is 0 Å². The van der Waals surface area contributed by atoms with Crippen LogP contribution in [0.2, 0.25) is 0 Å². The predicted molar refractivity (Wildman–Crippen MR) is 132 cm³/mol. The molecule has 1 aliphatic heterocycles. The van der Waals surface area contributed by atoms with Crippen molar-refractivity contribution in [2.75, 3.05) is 25.1 Å². The van der Waals surface area contributed by atoms with E-state index in [0.717, 1.165) is 16.8 Å². The lowest BCUT2D eigenvalue weighted by molar-refractivity contribution is -0.140. The normalized spacial score (nSPS) is 17.2. The molecule has 0 radical (unpaired) electrons. The SMILES string of the molecule is CCOC(=O)c1cccc2c1C(=O)C(c1ncc(C)[nH]1)C(c1ccc(C(OCC)OCC)cc1)N2. The number of benzene rings is 2. The van der Waals surface area contributed by atoms with Crippen molar-refractivity contribution in [1.82, 2.24) is 9.97 Å². The number of hydrogen-bond donors (Lipinski definition) is 2. The third-order valence-electron chi connectivity index (χ3n) is 5.95. The molecular formula is C27H31N3O5. The van der Waals surface area contributed by atoms with E-state index in [1.54, 1.807) is 31.3 Å². The van der Waals surface area contributed by atoms with Gasteiger partial charge in [0.1, 0.15) is 11.7 Å². The van der Waals surface area contributed by atoms with E-state index < -0.39 is 24.2 Å². The first-order valence-electron chi connectivity index (χ1n) is 11.9. The maximum absolute atomic E-state index is 13.9. The Labute approximate surface area is 205 Å². The highest BCUT2D eigenvalue weighted by Crippen LogP contribution is 2.43. The van der Waals surface area contributed by atoms with E-state index in [1.807, 2.05) is 45.0 Å². The quantitative estimate of drug-likeness (QED) is 0.326. The number of aromatic nitrogens is 2. The molecular weight excluding hydrogens is 446 g/mol. The number of ether oxygens (including phenoxy) is 3. The summed E-state index contributed by atoms with van der Waals surface area (Å²) in [6, 6.07) is 12.6. The number of aromatic amines is 1. The number of hydrogen-bond acceptors (Lipinski definition) is 7. The first-order valence-corrected chi connectivity index (χ1v) is 11.9. The van der Waals surface area contributed by atoms with Crippen molar-refractivity contribution < 1.29 is 23.8 Å². The van der Waals surface area contributed by atoms with Crippen molar-refractivity contribution in [3.05, 3.63) is 82.4 Å². The van der Waals surface area contributed by atoms with Gasteiger partial charge in [0.2, 0.25) is 0 Å². The van der Waals surface area contributed by atoms with Crippen molar-refractivity contribution in [3.63, 3.8) is 0 Å². The molecule has 0 aliphatic carbocycles. The Bertz CT molecular complexity index is 1180. The van der Waals surface area contributed by atoms with Gasteiger partial charge in [-0.05, 0) is 45.4 Å². The number of imidazole rings is 1. The van der Waals surface area contributed by atoms with Gasteiger partial charge in [0.25, 0.3) is 0 Å². The zero-order valence-electron chi connectivity index (χ0n) is 20.5. The maximum atomic E-state index is 13.9. The molecule has 8 nitrogen and oxygen atoms in total. The fourth-order valence-electron chi connectivity index (χ4n) is 4.43. The summed E-state index contributed by atoms with van der Waals surface area (Å²) < 4.78 is 16.6. The number of aryl methyl sites for hydroxylation is 1. The van der Waals surface area contributed by atoms with E-state index in [0.29, 0.717) is 30.3 Å². The number of nitrogens with one attached hydrogen (secondary N) is 2. The molecule has 2 heterocycles. The standard InChI is InChI=1S/C27H31N3O5/c1-5-33-26(32)19-9-8-10-20-21(19)24(31)22(25-28-15-16(4)29-25)23(30-20)17-11-13-18(14-12-17)27(34-6-2)35-7-3/h8-15,22-23,27,30H,5-7H2,1-4H3,(H,28,29). The van der Waals surface area contributed by atoms with Crippen LogP contribution < -0.4 is 5.32 Å². The molecule has 35 heavy (non-hydrogen) atoms. The minimum Gasteiger partial charge on any atom is -0.462 e. The highest BCUT2D eigenvalue weighted by Gasteiger charge is 2.41. The second kappa shape index (κ2) is 10.8. The van der Waals surface area contributed by atoms with Crippen molar-refractivity contribution in [3.8, 4) is 0 Å². The summed E-state index contributed by atoms with van der Waals surface area (Å²) in [6.45, 7) is 8.77. The Morgan fingerprint density at radius 1 is 1.03 bits per heavy atom. The number of anilines is 1. The predicted octanol–water partition coefficient (Wildman–Crippen LogP) is 5.10. The fourth-order valence-corrected chi connectivity index (χ4v) is 4.43. The molecule has 2 N–H and O–H groups in total. The minimum absolute atomic E-state index is 0.188. The van der Waals surface area contributed by atoms with Gasteiger partial charge in [-0.1, -0.05) is 30.3 Å². The Balaban J connectivity index is 1.76. The molecule has 0 amide bonds. The molecule has 2 unspecified atom stereocenters. The van der Waals surface area contributed by atoms with Crippen LogP contribution in [0.3, 0.4) is 0 Å². The average Bonchev–Trinajstić information content (AvgIpc) is 3.29. The van der Waals surface area contributed by atoms with Crippen molar-refractivity contribution >= 4 is 17.4 Å². The molecule has 0 saturated heterocycles. The smallest absolute Gasteiger partial charge is 0.338 e. The molecule has 2 aromatic carbocycles. The summed E-state index contributed by atoms with van der Waals surface area (Å²) in [5, 5.41) is 3.49. The van der Waals surface area contributed by atoms with E-state index in [1.165, 1.54) is 0 Å². The Morgan fingerprint density at radius 2 is 1.74 bits per heavy atom. The van der Waals surface area contributed by atoms with E-state index in [4.69, 9.17) is 14.2 Å². The number of ketones is 1. The van der Waals surface area contributed by atoms with Crippen LogP contribution in [0.5, 0.6) is 0 Å². The molecule has 3 aromatic rings. The number of esters is 1. The third kappa shape index (κ3) is 4.99. The lowest BCUT2D eigenvalue weighted by Gasteiger charge is -2.34. The maximum Gasteiger partial charge on any atom is 0.338 e. The lowest BCUT2D eigenvalue weighted by Crippen LogP contribution is -2.34. The topological polar surface area (TPSA) is 103 Å². The summed E-state index contributed by atoms with van der Waals surface area (Å²) in [6.07, 6.45) is 1.25. The van der Waals surface area contributed by atoms with E-state index in [9.17, 15) is 9.59 Å². The molecule has 1 aliphatic rings. The molecule has 184 valence electrons. The number of Topliss-reactive ketones (excluding diaryl/α,β-unsaturated/α-hetero) is 1. The fraction of sp³-hybridized carbons (Fsp3) is 0.370. The van der Waals surface area contributed by atoms with Crippen LogP contribution in [0, 0.1) is 6.92 Å². The molecule has 0 bridgehead atoms. The van der Waals surface area contributed by atoms with Gasteiger partial charge >= 0.3 is 5.97 Å². The van der Waals surface area contributed by atoms with Crippen LogP contribution in [-0.2, 0) is 14.2 Å². The molecule has 8 heteroatoms. The summed E-state index contributed by atoms with van der Waals surface area (Å²) >= 11 is 0. The molecule has 0 saturated carbocycles. The van der Waals surface area contributed by atoms with Gasteiger partial charge in [-0.15, -0.1) is 0 Å². The number of carbonyl (C=O) groups is 2. The number of fused-ring (bicyclic) bond motifs is 1. The van der Waals surface area contributed by atoms with Crippen LogP contribution in [0.4, 0.5) is 5.69 Å². The third-order valence-corrected chi connectivity index (χ3v) is 5.95. The van der Waals surface area contributed by atoms with Crippen molar-refractivity contribution in [1.29, 1.82) is 0 Å². The molecule has 1 aromatic heterocycles. The van der Waals surface area contributed by atoms with Gasteiger partial charge in [0, 0.05) is 36.4 Å². The van der Waals surface area contributed by atoms with Gasteiger partial charge in [0.15, 0.2) is 12.1 Å². The van der Waals surface area contributed by atoms with Crippen molar-refractivity contribution in [2.45, 2.75) is 45.9 Å². The van der Waals surface area contributed by atoms with E-state index in [-0.39, 0.29) is 18.0 Å². The average molecular weight is 478 g/mol. The van der Waals surface area contributed by atoms with Gasteiger partial charge in [-0.3, -0.25) is 4.79 Å². The highest BCUT2D eigenvalue weighted by atomic mass is 16.7. The van der Waals surface area contributed by atoms with Crippen molar-refractivity contribution in [2.24, 2.45) is 0 Å². The zero-order valence-corrected chi connectivity index (χ0v) is 20.5. The summed E-state index contributed by atoms with van der Waals surface area (Å²) in [7, 11) is 0. The highest BCUT2D eigenvalue weighted by molar-refractivity contribution is 6.14. The van der Waals surface area contributed by atoms with Gasteiger partial charge < -0.3 is 24.5 Å². The number of nitrogens with zero attached hydrogens (tertiary/aromatic N) is 1.